The maximum Gasteiger partial charge on any atom is 0.316 e. The zero-order valence-electron chi connectivity index (χ0n) is 10.6. The van der Waals surface area contributed by atoms with E-state index in [0.29, 0.717) is 18.5 Å². The van der Waals surface area contributed by atoms with Crippen LogP contribution in [0.3, 0.4) is 0 Å². The van der Waals surface area contributed by atoms with Gasteiger partial charge in [-0.3, -0.25) is 0 Å². The van der Waals surface area contributed by atoms with Crippen LogP contribution < -0.4 is 5.32 Å². The highest BCUT2D eigenvalue weighted by Gasteiger charge is 2.14. The van der Waals surface area contributed by atoms with Gasteiger partial charge in [-0.25, -0.2) is 0 Å². The summed E-state index contributed by atoms with van der Waals surface area (Å²) in [6, 6.07) is 6.38. The van der Waals surface area contributed by atoms with E-state index in [9.17, 15) is 0 Å². The lowest BCUT2D eigenvalue weighted by Crippen LogP contribution is -1.97. The van der Waals surface area contributed by atoms with Crippen molar-refractivity contribution in [3.05, 3.63) is 40.0 Å². The number of thiophene rings is 1. The standard InChI is InChI=1S/C13H13N3O2S/c1-8-6-11(9(2)17-8)12-15-16-13(18-12)14-7-10-4-3-5-19-10/h3-6H,7H2,1-2H3,(H,14,16). The molecule has 3 rings (SSSR count). The zero-order valence-corrected chi connectivity index (χ0v) is 11.5. The molecule has 0 bridgehead atoms. The molecule has 0 aromatic carbocycles. The van der Waals surface area contributed by atoms with E-state index in [1.165, 1.54) is 4.88 Å². The third kappa shape index (κ3) is 2.53. The topological polar surface area (TPSA) is 64.1 Å². The molecule has 0 atom stereocenters. The number of anilines is 1. The van der Waals surface area contributed by atoms with E-state index >= 15 is 0 Å². The summed E-state index contributed by atoms with van der Waals surface area (Å²) in [5.74, 6) is 2.09. The number of furan rings is 1. The Labute approximate surface area is 114 Å². The summed E-state index contributed by atoms with van der Waals surface area (Å²) in [6.07, 6.45) is 0. The largest absolute Gasteiger partial charge is 0.466 e. The molecule has 3 aromatic heterocycles. The average molecular weight is 275 g/mol. The van der Waals surface area contributed by atoms with Gasteiger partial charge in [0.25, 0.3) is 5.89 Å². The highest BCUT2D eigenvalue weighted by atomic mass is 32.1. The van der Waals surface area contributed by atoms with E-state index in [1.807, 2.05) is 31.4 Å². The first-order valence-electron chi connectivity index (χ1n) is 5.89. The second-order valence-corrected chi connectivity index (χ2v) is 5.20. The predicted molar refractivity (Wildman–Crippen MR) is 73.1 cm³/mol. The molecule has 0 saturated heterocycles. The number of aryl methyl sites for hydroxylation is 2. The van der Waals surface area contributed by atoms with Crippen molar-refractivity contribution >= 4 is 17.4 Å². The summed E-state index contributed by atoms with van der Waals surface area (Å²) in [5.41, 5.74) is 0.842. The van der Waals surface area contributed by atoms with Gasteiger partial charge in [0.1, 0.15) is 11.5 Å². The molecular weight excluding hydrogens is 262 g/mol. The van der Waals surface area contributed by atoms with Crippen LogP contribution in [0.15, 0.2) is 32.4 Å². The second-order valence-electron chi connectivity index (χ2n) is 4.17. The predicted octanol–water partition coefficient (Wildman–Crippen LogP) is 3.62. The summed E-state index contributed by atoms with van der Waals surface area (Å²) >= 11 is 1.68. The van der Waals surface area contributed by atoms with Gasteiger partial charge in [-0.15, -0.1) is 16.4 Å². The lowest BCUT2D eigenvalue weighted by Gasteiger charge is -1.96. The Morgan fingerprint density at radius 3 is 2.84 bits per heavy atom. The molecule has 3 aromatic rings. The van der Waals surface area contributed by atoms with E-state index in [0.717, 1.165) is 17.1 Å². The lowest BCUT2D eigenvalue weighted by atomic mass is 10.2. The Kier molecular flexibility index (Phi) is 3.08. The van der Waals surface area contributed by atoms with Gasteiger partial charge in [0.15, 0.2) is 0 Å². The molecule has 0 radical (unpaired) electrons. The highest BCUT2D eigenvalue weighted by Crippen LogP contribution is 2.26. The van der Waals surface area contributed by atoms with Gasteiger partial charge in [0.05, 0.1) is 12.1 Å². The average Bonchev–Trinajstić information content (AvgIpc) is 3.08. The molecule has 0 spiro atoms. The highest BCUT2D eigenvalue weighted by molar-refractivity contribution is 7.09. The lowest BCUT2D eigenvalue weighted by molar-refractivity contribution is 0.503. The first-order chi connectivity index (χ1) is 9.22. The van der Waals surface area contributed by atoms with Crippen LogP contribution in [0.2, 0.25) is 0 Å². The minimum Gasteiger partial charge on any atom is -0.466 e. The number of hydrogen-bond acceptors (Lipinski definition) is 6. The number of rotatable bonds is 4. The first-order valence-corrected chi connectivity index (χ1v) is 6.77. The molecule has 3 heterocycles. The van der Waals surface area contributed by atoms with Crippen LogP contribution in [0, 0.1) is 13.8 Å². The van der Waals surface area contributed by atoms with Crippen molar-refractivity contribution < 1.29 is 8.83 Å². The van der Waals surface area contributed by atoms with Crippen molar-refractivity contribution in [2.75, 3.05) is 5.32 Å². The molecule has 0 aliphatic carbocycles. The normalized spacial score (nSPS) is 10.8. The molecule has 6 heteroatoms. The van der Waals surface area contributed by atoms with Crippen molar-refractivity contribution in [1.29, 1.82) is 0 Å². The summed E-state index contributed by atoms with van der Waals surface area (Å²) < 4.78 is 11.0. The number of aromatic nitrogens is 2. The molecule has 0 amide bonds. The molecule has 0 aliphatic heterocycles. The maximum atomic E-state index is 5.57. The van der Waals surface area contributed by atoms with E-state index in [4.69, 9.17) is 8.83 Å². The third-order valence-electron chi connectivity index (χ3n) is 2.69. The van der Waals surface area contributed by atoms with Crippen molar-refractivity contribution in [2.24, 2.45) is 0 Å². The molecule has 5 nitrogen and oxygen atoms in total. The quantitative estimate of drug-likeness (QED) is 0.787. The summed E-state index contributed by atoms with van der Waals surface area (Å²) in [7, 11) is 0. The summed E-state index contributed by atoms with van der Waals surface area (Å²) in [5, 5.41) is 13.1. The van der Waals surface area contributed by atoms with Crippen molar-refractivity contribution in [2.45, 2.75) is 20.4 Å². The van der Waals surface area contributed by atoms with E-state index in [-0.39, 0.29) is 0 Å². The molecule has 1 N–H and O–H groups in total. The maximum absolute atomic E-state index is 5.57. The molecule has 0 aliphatic rings. The van der Waals surface area contributed by atoms with Gasteiger partial charge >= 0.3 is 6.01 Å². The Hall–Kier alpha value is -2.08. The molecule has 0 fully saturated rings. The molecular formula is C13H13N3O2S. The van der Waals surface area contributed by atoms with Crippen LogP contribution in [0.5, 0.6) is 0 Å². The molecule has 0 saturated carbocycles. The SMILES string of the molecule is Cc1cc(-c2nnc(NCc3cccs3)o2)c(C)o1. The van der Waals surface area contributed by atoms with Crippen LogP contribution in [0.1, 0.15) is 16.4 Å². The monoisotopic (exact) mass is 275 g/mol. The molecule has 98 valence electrons. The second kappa shape index (κ2) is 4.89. The van der Waals surface area contributed by atoms with Crippen LogP contribution in [0.25, 0.3) is 11.5 Å². The van der Waals surface area contributed by atoms with Crippen LogP contribution in [-0.4, -0.2) is 10.2 Å². The fraction of sp³-hybridized carbons (Fsp3) is 0.231. The van der Waals surface area contributed by atoms with Crippen LogP contribution in [-0.2, 0) is 6.54 Å². The van der Waals surface area contributed by atoms with Crippen molar-refractivity contribution in [3.8, 4) is 11.5 Å². The van der Waals surface area contributed by atoms with Gasteiger partial charge in [0, 0.05) is 4.88 Å². The van der Waals surface area contributed by atoms with Gasteiger partial charge in [-0.05, 0) is 31.4 Å². The van der Waals surface area contributed by atoms with Crippen LogP contribution in [0.4, 0.5) is 6.01 Å². The summed E-state index contributed by atoms with van der Waals surface area (Å²) in [4.78, 5) is 1.22. The number of nitrogens with zero attached hydrogens (tertiary/aromatic N) is 2. The zero-order chi connectivity index (χ0) is 13.2. The molecule has 0 unspecified atom stereocenters. The van der Waals surface area contributed by atoms with Crippen molar-refractivity contribution in [3.63, 3.8) is 0 Å². The first kappa shape index (κ1) is 12.0. The van der Waals surface area contributed by atoms with Gasteiger partial charge in [-0.2, -0.15) is 0 Å². The molecule has 19 heavy (non-hydrogen) atoms. The van der Waals surface area contributed by atoms with E-state index in [1.54, 1.807) is 11.3 Å². The van der Waals surface area contributed by atoms with E-state index in [2.05, 4.69) is 21.6 Å². The number of hydrogen-bond donors (Lipinski definition) is 1. The minimum absolute atomic E-state index is 0.418. The Balaban J connectivity index is 1.74. The third-order valence-corrected chi connectivity index (χ3v) is 3.57. The van der Waals surface area contributed by atoms with Gasteiger partial charge in [0.2, 0.25) is 0 Å². The number of nitrogens with one attached hydrogen (secondary N) is 1. The summed E-state index contributed by atoms with van der Waals surface area (Å²) in [6.45, 7) is 4.46. The Bertz CT molecular complexity index is 670. The fourth-order valence-electron chi connectivity index (χ4n) is 1.82. The van der Waals surface area contributed by atoms with Gasteiger partial charge in [-0.1, -0.05) is 11.2 Å². The van der Waals surface area contributed by atoms with E-state index < -0.39 is 0 Å². The smallest absolute Gasteiger partial charge is 0.316 e. The minimum atomic E-state index is 0.418. The van der Waals surface area contributed by atoms with Gasteiger partial charge < -0.3 is 14.2 Å². The Morgan fingerprint density at radius 1 is 1.26 bits per heavy atom. The fourth-order valence-corrected chi connectivity index (χ4v) is 2.47. The Morgan fingerprint density at radius 2 is 2.16 bits per heavy atom. The van der Waals surface area contributed by atoms with Crippen molar-refractivity contribution in [1.82, 2.24) is 10.2 Å². The van der Waals surface area contributed by atoms with Crippen LogP contribution >= 0.6 is 11.3 Å².